The van der Waals surface area contributed by atoms with Crippen LogP contribution in [0.5, 0.6) is 11.5 Å². The second kappa shape index (κ2) is 11.2. The van der Waals surface area contributed by atoms with Gasteiger partial charge in [0.15, 0.2) is 5.82 Å². The molecule has 1 N–H and O–H groups in total. The van der Waals surface area contributed by atoms with Crippen LogP contribution < -0.4 is 14.2 Å². The van der Waals surface area contributed by atoms with E-state index in [1.807, 2.05) is 13.8 Å². The molecule has 190 valence electrons. The summed E-state index contributed by atoms with van der Waals surface area (Å²) < 4.78 is 47.6. The summed E-state index contributed by atoms with van der Waals surface area (Å²) in [4.78, 5) is 8.22. The maximum atomic E-state index is 13.4. The van der Waals surface area contributed by atoms with Crippen molar-refractivity contribution in [2.24, 2.45) is 5.92 Å². The number of aromatic nitrogens is 5. The number of nitrogens with zero attached hydrogens (tertiary/aromatic N) is 5. The SMILES string of the molecule is COc1cccc(OC)c1-n1c(CC(C)C)nnc1NS(=O)(=O)[C@@H](C)[C@H](OC)c1ncc(Cl)cn1. The molecule has 0 saturated carbocycles. The van der Waals surface area contributed by atoms with E-state index in [1.54, 1.807) is 22.8 Å². The minimum atomic E-state index is -4.06. The predicted molar refractivity (Wildman–Crippen MR) is 132 cm³/mol. The number of sulfonamides is 1. The van der Waals surface area contributed by atoms with Crippen molar-refractivity contribution in [1.82, 2.24) is 24.7 Å². The van der Waals surface area contributed by atoms with Crippen LogP contribution in [0.3, 0.4) is 0 Å². The minimum Gasteiger partial charge on any atom is -0.494 e. The first kappa shape index (κ1) is 26.6. The number of hydrogen-bond acceptors (Lipinski definition) is 9. The van der Waals surface area contributed by atoms with E-state index < -0.39 is 21.4 Å². The molecule has 11 nitrogen and oxygen atoms in total. The summed E-state index contributed by atoms with van der Waals surface area (Å²) in [6, 6.07) is 5.27. The topological polar surface area (TPSA) is 130 Å². The van der Waals surface area contributed by atoms with Gasteiger partial charge in [-0.1, -0.05) is 31.5 Å². The molecule has 0 bridgehead atoms. The lowest BCUT2D eigenvalue weighted by Crippen LogP contribution is -2.33. The molecule has 1 aromatic carbocycles. The third kappa shape index (κ3) is 5.82. The van der Waals surface area contributed by atoms with Gasteiger partial charge in [-0.25, -0.2) is 18.4 Å². The van der Waals surface area contributed by atoms with Gasteiger partial charge in [-0.3, -0.25) is 9.29 Å². The summed E-state index contributed by atoms with van der Waals surface area (Å²) in [5, 5.41) is 7.66. The molecule has 3 aromatic rings. The molecule has 2 heterocycles. The minimum absolute atomic E-state index is 0.0119. The lowest BCUT2D eigenvalue weighted by molar-refractivity contribution is 0.0950. The zero-order chi connectivity index (χ0) is 25.8. The van der Waals surface area contributed by atoms with Gasteiger partial charge in [0, 0.05) is 25.9 Å². The third-order valence-electron chi connectivity index (χ3n) is 5.24. The van der Waals surface area contributed by atoms with Crippen molar-refractivity contribution in [1.29, 1.82) is 0 Å². The van der Waals surface area contributed by atoms with Crippen LogP contribution in [0.25, 0.3) is 5.69 Å². The Balaban J connectivity index is 2.08. The van der Waals surface area contributed by atoms with E-state index in [1.165, 1.54) is 40.6 Å². The van der Waals surface area contributed by atoms with Crippen LogP contribution in [0.2, 0.25) is 5.02 Å². The van der Waals surface area contributed by atoms with Crippen molar-refractivity contribution in [3.05, 3.63) is 47.3 Å². The van der Waals surface area contributed by atoms with Gasteiger partial charge < -0.3 is 14.2 Å². The number of nitrogens with one attached hydrogen (secondary N) is 1. The number of anilines is 1. The van der Waals surface area contributed by atoms with Crippen molar-refractivity contribution in [3.8, 4) is 17.2 Å². The first-order valence-electron chi connectivity index (χ1n) is 10.8. The molecule has 0 aliphatic rings. The molecular weight excluding hydrogens is 496 g/mol. The Hall–Kier alpha value is -2.96. The van der Waals surface area contributed by atoms with E-state index in [2.05, 4.69) is 24.9 Å². The molecule has 0 unspecified atom stereocenters. The zero-order valence-corrected chi connectivity index (χ0v) is 22.0. The highest BCUT2D eigenvalue weighted by atomic mass is 35.5. The Morgan fingerprint density at radius 1 is 1.03 bits per heavy atom. The highest BCUT2D eigenvalue weighted by Crippen LogP contribution is 2.36. The normalized spacial score (nSPS) is 13.5. The maximum absolute atomic E-state index is 13.4. The zero-order valence-electron chi connectivity index (χ0n) is 20.4. The second-order valence-electron chi connectivity index (χ2n) is 8.15. The molecule has 0 fully saturated rings. The standard InChI is InChI=1S/C22H29ClN6O5S/c1-13(2)10-18-26-27-22(29(18)19-16(32-4)8-7-9-17(19)33-5)28-35(30,31)14(3)20(34-6)21-24-11-15(23)12-25-21/h7-9,11-14,20H,10H2,1-6H3,(H,27,28)/t14-,20-/m0/s1. The fourth-order valence-electron chi connectivity index (χ4n) is 3.53. The van der Waals surface area contributed by atoms with Crippen molar-refractivity contribution in [3.63, 3.8) is 0 Å². The highest BCUT2D eigenvalue weighted by Gasteiger charge is 2.35. The van der Waals surface area contributed by atoms with Gasteiger partial charge in [-0.15, -0.1) is 10.2 Å². The van der Waals surface area contributed by atoms with Gasteiger partial charge in [0.25, 0.3) is 0 Å². The van der Waals surface area contributed by atoms with Crippen molar-refractivity contribution in [2.75, 3.05) is 26.1 Å². The summed E-state index contributed by atoms with van der Waals surface area (Å²) in [6.45, 7) is 5.55. The molecular formula is C22H29ClN6O5S. The highest BCUT2D eigenvalue weighted by molar-refractivity contribution is 7.93. The summed E-state index contributed by atoms with van der Waals surface area (Å²) >= 11 is 5.86. The lowest BCUT2D eigenvalue weighted by atomic mass is 10.1. The fraction of sp³-hybridized carbons (Fsp3) is 0.455. The van der Waals surface area contributed by atoms with Gasteiger partial charge in [0.2, 0.25) is 16.0 Å². The number of halogens is 1. The number of benzene rings is 1. The number of para-hydroxylation sites is 1. The Morgan fingerprint density at radius 3 is 2.14 bits per heavy atom. The molecule has 0 amide bonds. The predicted octanol–water partition coefficient (Wildman–Crippen LogP) is 3.44. The smallest absolute Gasteiger partial charge is 0.243 e. The average molecular weight is 525 g/mol. The van der Waals surface area contributed by atoms with Gasteiger partial charge >= 0.3 is 0 Å². The average Bonchev–Trinajstić information content (AvgIpc) is 3.19. The number of rotatable bonds is 11. The van der Waals surface area contributed by atoms with Gasteiger partial charge in [0.1, 0.15) is 34.4 Å². The molecule has 0 saturated heterocycles. The molecule has 0 aliphatic carbocycles. The van der Waals surface area contributed by atoms with Crippen molar-refractivity contribution in [2.45, 2.75) is 38.5 Å². The summed E-state index contributed by atoms with van der Waals surface area (Å²) in [5.41, 5.74) is 0.479. The Bertz CT molecular complexity index is 1230. The van der Waals surface area contributed by atoms with Gasteiger partial charge in [0.05, 0.1) is 19.2 Å². The van der Waals surface area contributed by atoms with Crippen LogP contribution in [0, 0.1) is 5.92 Å². The van der Waals surface area contributed by atoms with E-state index >= 15 is 0 Å². The van der Waals surface area contributed by atoms with Crippen molar-refractivity contribution < 1.29 is 22.6 Å². The number of ether oxygens (including phenoxy) is 3. The number of methoxy groups -OCH3 is 3. The molecule has 0 spiro atoms. The number of hydrogen-bond donors (Lipinski definition) is 1. The van der Waals surface area contributed by atoms with Crippen LogP contribution >= 0.6 is 11.6 Å². The van der Waals surface area contributed by atoms with Crippen LogP contribution in [0.4, 0.5) is 5.95 Å². The molecule has 2 atom stereocenters. The quantitative estimate of drug-likeness (QED) is 0.400. The Labute approximate surface area is 209 Å². The molecule has 0 radical (unpaired) electrons. The van der Waals surface area contributed by atoms with Crippen LogP contribution in [0.1, 0.15) is 38.5 Å². The molecule has 13 heteroatoms. The third-order valence-corrected chi connectivity index (χ3v) is 7.13. The van der Waals surface area contributed by atoms with E-state index in [9.17, 15) is 8.42 Å². The first-order chi connectivity index (χ1) is 16.6. The van der Waals surface area contributed by atoms with E-state index in [-0.39, 0.29) is 17.7 Å². The monoisotopic (exact) mass is 524 g/mol. The summed E-state index contributed by atoms with van der Waals surface area (Å²) in [5.74, 6) is 1.86. The first-order valence-corrected chi connectivity index (χ1v) is 12.7. The van der Waals surface area contributed by atoms with Crippen LogP contribution in [-0.4, -0.2) is 59.7 Å². The van der Waals surface area contributed by atoms with Gasteiger partial charge in [-0.2, -0.15) is 0 Å². The molecule has 2 aromatic heterocycles. The summed E-state index contributed by atoms with van der Waals surface area (Å²) in [7, 11) is 0.365. The Morgan fingerprint density at radius 2 is 1.63 bits per heavy atom. The lowest BCUT2D eigenvalue weighted by Gasteiger charge is -2.23. The molecule has 0 aliphatic heterocycles. The van der Waals surface area contributed by atoms with Crippen LogP contribution in [-0.2, 0) is 21.2 Å². The fourth-order valence-corrected chi connectivity index (χ4v) is 4.75. The molecule has 3 rings (SSSR count). The largest absolute Gasteiger partial charge is 0.494 e. The van der Waals surface area contributed by atoms with Crippen molar-refractivity contribution >= 4 is 27.6 Å². The van der Waals surface area contributed by atoms with E-state index in [0.29, 0.717) is 34.5 Å². The van der Waals surface area contributed by atoms with E-state index in [0.717, 1.165) is 0 Å². The van der Waals surface area contributed by atoms with Crippen LogP contribution in [0.15, 0.2) is 30.6 Å². The van der Waals surface area contributed by atoms with Gasteiger partial charge in [-0.05, 0) is 25.0 Å². The second-order valence-corrected chi connectivity index (χ2v) is 10.6. The maximum Gasteiger partial charge on any atom is 0.243 e. The van der Waals surface area contributed by atoms with E-state index in [4.69, 9.17) is 25.8 Å². The molecule has 35 heavy (non-hydrogen) atoms. The Kier molecular flexibility index (Phi) is 8.51. The summed E-state index contributed by atoms with van der Waals surface area (Å²) in [6.07, 6.45) is 2.33.